The number of rotatable bonds is 0. The number of hydrogen-bond donors (Lipinski definition) is 0. The first-order chi connectivity index (χ1) is 0. The molecule has 0 aromatic carbocycles. The third kappa shape index (κ3) is 25.0. The van der Waals surface area contributed by atoms with Crippen LogP contribution in [0.1, 0.15) is 0 Å². The average Bonchev–Trinajstić information content (AvgIpc) is 0. The van der Waals surface area contributed by atoms with Crippen molar-refractivity contribution in [3.8, 4) is 0 Å². The number of halogens is 4. The standard InChI is InChI=1S/4ClH.2Th/h4*1H;;/q;;;;2*+2/p-4. The molecule has 36 valence electrons. The van der Waals surface area contributed by atoms with Gasteiger partial charge in [-0.25, -0.2) is 0 Å². The van der Waals surface area contributed by atoms with Crippen LogP contribution in [0.15, 0.2) is 0 Å². The van der Waals surface area contributed by atoms with Crippen molar-refractivity contribution in [3.63, 3.8) is 0 Å². The zero-order valence-corrected chi connectivity index (χ0v) is 13.8. The van der Waals surface area contributed by atoms with Crippen LogP contribution in [0.2, 0.25) is 0 Å². The molecule has 0 heterocycles. The maximum Gasteiger partial charge on any atom is 2.00 e. The molecule has 0 rings (SSSR count). The van der Waals surface area contributed by atoms with Crippen LogP contribution in [-0.4, -0.2) is 0 Å². The van der Waals surface area contributed by atoms with E-state index in [1.807, 2.05) is 0 Å². The molecule has 0 aromatic heterocycles. The normalized spacial score (nSPS) is 0. The molecule has 6 heteroatoms. The van der Waals surface area contributed by atoms with E-state index in [4.69, 9.17) is 0 Å². The second kappa shape index (κ2) is 37.0. The summed E-state index contributed by atoms with van der Waals surface area (Å²) in [6, 6.07) is 0. The molecule has 0 nitrogen and oxygen atoms in total. The summed E-state index contributed by atoms with van der Waals surface area (Å²) < 4.78 is 0. The molecule has 0 N–H and O–H groups in total. The Balaban J connectivity index is 0. The zero-order valence-electron chi connectivity index (χ0n) is 2.51. The van der Waals surface area contributed by atoms with Crippen molar-refractivity contribution in [2.45, 2.75) is 0 Å². The van der Waals surface area contributed by atoms with Crippen molar-refractivity contribution in [1.82, 2.24) is 0 Å². The predicted molar refractivity (Wildman–Crippen MR) is 0 cm³/mol. The van der Waals surface area contributed by atoms with Gasteiger partial charge in [0, 0.05) is 0 Å². The van der Waals surface area contributed by atoms with Gasteiger partial charge in [-0.1, -0.05) is 0 Å². The fourth-order valence-corrected chi connectivity index (χ4v) is 0. The second-order valence-corrected chi connectivity index (χ2v) is 0. The van der Waals surface area contributed by atoms with Crippen molar-refractivity contribution in [2.75, 3.05) is 0 Å². The topological polar surface area (TPSA) is 0 Å². The fraction of sp³-hybridized carbons (Fsp3) is 0. The van der Waals surface area contributed by atoms with Crippen molar-refractivity contribution < 1.29 is 130 Å². The van der Waals surface area contributed by atoms with Gasteiger partial charge in [0.05, 0.1) is 0 Å². The second-order valence-electron chi connectivity index (χ2n) is 0. The molecule has 0 unspecified atom stereocenters. The van der Waals surface area contributed by atoms with Gasteiger partial charge >= 0.3 is 79.9 Å². The van der Waals surface area contributed by atoms with E-state index in [0.717, 1.165) is 0 Å². The first kappa shape index (κ1) is 52.5. The Bertz CT molecular complexity index is 5.51. The summed E-state index contributed by atoms with van der Waals surface area (Å²) in [4.78, 5) is 0. The zero-order chi connectivity index (χ0) is 0. The van der Waals surface area contributed by atoms with E-state index in [2.05, 4.69) is 0 Å². The first-order valence-corrected chi connectivity index (χ1v) is 0. The van der Waals surface area contributed by atoms with Crippen LogP contribution in [0.25, 0.3) is 0 Å². The monoisotopic (exact) mass is 604 g/mol. The molecular formula is Cl4Th2. The van der Waals surface area contributed by atoms with Gasteiger partial charge in [-0.3, -0.25) is 0 Å². The van der Waals surface area contributed by atoms with Crippen LogP contribution in [0.3, 0.4) is 0 Å². The summed E-state index contributed by atoms with van der Waals surface area (Å²) in [5, 5.41) is 0. The van der Waals surface area contributed by atoms with Gasteiger partial charge in [-0.15, -0.1) is 0 Å². The van der Waals surface area contributed by atoms with Gasteiger partial charge in [0.15, 0.2) is 0 Å². The van der Waals surface area contributed by atoms with Crippen LogP contribution in [0.4, 0.5) is 0 Å². The largest absolute Gasteiger partial charge is 2.00 e. The van der Waals surface area contributed by atoms with Crippen LogP contribution >= 0.6 is 0 Å². The SMILES string of the molecule is [Cl-].[Cl-].[Cl-].[Cl-].[Th+2].[Th+2]. The quantitative estimate of drug-likeness (QED) is 0.258. The van der Waals surface area contributed by atoms with E-state index in [-0.39, 0.29) is 130 Å². The van der Waals surface area contributed by atoms with Crippen LogP contribution < -0.4 is 49.6 Å². The Labute approximate surface area is 126 Å². The Hall–Kier alpha value is 3.81. The van der Waals surface area contributed by atoms with Gasteiger partial charge in [-0.05, 0) is 0 Å². The molecular weight excluding hydrogens is 606 g/mol. The molecule has 0 bridgehead atoms. The average molecular weight is 606 g/mol. The maximum atomic E-state index is 0. The minimum absolute atomic E-state index is 0. The summed E-state index contributed by atoms with van der Waals surface area (Å²) in [6.07, 6.45) is 0. The molecule has 0 saturated carbocycles. The smallest absolute Gasteiger partial charge is 1.00 e. The molecule has 0 aliphatic carbocycles. The Morgan fingerprint density at radius 2 is 0.333 bits per heavy atom. The minimum atomic E-state index is 0. The van der Waals surface area contributed by atoms with E-state index in [9.17, 15) is 0 Å². The van der Waals surface area contributed by atoms with Crippen LogP contribution in [-0.2, 0) is 0 Å². The molecule has 0 radical (unpaired) electrons. The molecule has 0 aliphatic heterocycles. The molecule has 6 heavy (non-hydrogen) atoms. The molecule has 0 saturated heterocycles. The molecule has 0 aliphatic rings. The van der Waals surface area contributed by atoms with Gasteiger partial charge in [0.1, 0.15) is 0 Å². The Morgan fingerprint density at radius 1 is 0.333 bits per heavy atom. The van der Waals surface area contributed by atoms with Gasteiger partial charge in [0.2, 0.25) is 0 Å². The van der Waals surface area contributed by atoms with Crippen molar-refractivity contribution in [2.24, 2.45) is 0 Å². The summed E-state index contributed by atoms with van der Waals surface area (Å²) in [6.45, 7) is 0. The number of hydrogen-bond acceptors (Lipinski definition) is 0. The molecule has 0 spiro atoms. The first-order valence-electron chi connectivity index (χ1n) is 0. The van der Waals surface area contributed by atoms with Crippen molar-refractivity contribution in [3.05, 3.63) is 0 Å². The summed E-state index contributed by atoms with van der Waals surface area (Å²) in [5.74, 6) is 0. The van der Waals surface area contributed by atoms with Crippen LogP contribution in [0.5, 0.6) is 0 Å². The third-order valence-corrected chi connectivity index (χ3v) is 0. The fourth-order valence-electron chi connectivity index (χ4n) is 0. The Morgan fingerprint density at radius 3 is 0.333 bits per heavy atom. The van der Waals surface area contributed by atoms with Crippen molar-refractivity contribution >= 4 is 0 Å². The molecule has 0 aromatic rings. The molecule has 0 fully saturated rings. The van der Waals surface area contributed by atoms with E-state index in [1.165, 1.54) is 0 Å². The molecule has 0 amide bonds. The van der Waals surface area contributed by atoms with Gasteiger partial charge < -0.3 is 49.6 Å². The summed E-state index contributed by atoms with van der Waals surface area (Å²) in [5.41, 5.74) is 0. The minimum Gasteiger partial charge on any atom is -1.00 e. The van der Waals surface area contributed by atoms with E-state index in [1.54, 1.807) is 0 Å². The summed E-state index contributed by atoms with van der Waals surface area (Å²) in [7, 11) is 0. The third-order valence-electron chi connectivity index (χ3n) is 0. The van der Waals surface area contributed by atoms with Gasteiger partial charge in [0.25, 0.3) is 0 Å². The van der Waals surface area contributed by atoms with E-state index >= 15 is 0 Å². The van der Waals surface area contributed by atoms with E-state index < -0.39 is 0 Å². The van der Waals surface area contributed by atoms with Gasteiger partial charge in [-0.2, -0.15) is 0 Å². The van der Waals surface area contributed by atoms with Crippen molar-refractivity contribution in [1.29, 1.82) is 0 Å². The van der Waals surface area contributed by atoms with E-state index in [0.29, 0.717) is 0 Å². The van der Waals surface area contributed by atoms with Crippen LogP contribution in [0, 0.1) is 79.9 Å². The predicted octanol–water partition coefficient (Wildman–Crippen LogP) is -12.0. The summed E-state index contributed by atoms with van der Waals surface area (Å²) >= 11 is 0. The maximum absolute atomic E-state index is 0. The molecule has 0 atom stereocenters. The Kier molecular flexibility index (Phi) is 324.